The van der Waals surface area contributed by atoms with Crippen LogP contribution in [-0.2, 0) is 21.2 Å². The molecule has 2 saturated heterocycles. The van der Waals surface area contributed by atoms with Gasteiger partial charge in [0.15, 0.2) is 0 Å². The number of alkyl halides is 3. The third kappa shape index (κ3) is 4.93. The third-order valence-corrected chi connectivity index (χ3v) is 8.23. The fourth-order valence-electron chi connectivity index (χ4n) is 5.84. The molecule has 3 aliphatic rings. The summed E-state index contributed by atoms with van der Waals surface area (Å²) in [7, 11) is 3.74. The van der Waals surface area contributed by atoms with Crippen molar-refractivity contribution in [1.29, 1.82) is 0 Å². The van der Waals surface area contributed by atoms with Gasteiger partial charge in [-0.25, -0.2) is 0 Å². The Labute approximate surface area is 225 Å². The Balaban J connectivity index is 1.32. The van der Waals surface area contributed by atoms with Gasteiger partial charge in [0.2, 0.25) is 11.8 Å². The maximum absolute atomic E-state index is 13.5. The number of piperazine rings is 1. The average molecular weight is 541 g/mol. The van der Waals surface area contributed by atoms with E-state index in [-0.39, 0.29) is 30.5 Å². The molecule has 7 nitrogen and oxygen atoms in total. The molecule has 0 N–H and O–H groups in total. The van der Waals surface area contributed by atoms with Crippen LogP contribution in [0.5, 0.6) is 0 Å². The second-order valence-electron chi connectivity index (χ2n) is 10.5. The molecule has 0 saturated carbocycles. The van der Waals surface area contributed by atoms with E-state index in [0.29, 0.717) is 31.5 Å². The van der Waals surface area contributed by atoms with Crippen molar-refractivity contribution >= 4 is 29.5 Å². The Hall–Kier alpha value is -3.66. The Morgan fingerprint density at radius 3 is 2.23 bits per heavy atom. The van der Waals surface area contributed by atoms with Gasteiger partial charge in [0, 0.05) is 63.6 Å². The van der Waals surface area contributed by atoms with Gasteiger partial charge in [0.05, 0.1) is 11.0 Å². The predicted octanol–water partition coefficient (Wildman–Crippen LogP) is 3.64. The quantitative estimate of drug-likeness (QED) is 0.558. The summed E-state index contributed by atoms with van der Waals surface area (Å²) in [4.78, 5) is 46.8. The number of anilines is 1. The smallest absolute Gasteiger partial charge is 0.339 e. The van der Waals surface area contributed by atoms with Gasteiger partial charge in [0.25, 0.3) is 5.91 Å². The molecule has 3 amide bonds. The number of hydrogen-bond donors (Lipinski definition) is 0. The molecule has 1 spiro atoms. The van der Waals surface area contributed by atoms with Crippen LogP contribution in [0.25, 0.3) is 6.08 Å². The van der Waals surface area contributed by atoms with Crippen molar-refractivity contribution in [2.24, 2.45) is 0 Å². The van der Waals surface area contributed by atoms with Gasteiger partial charge in [0.1, 0.15) is 0 Å². The van der Waals surface area contributed by atoms with E-state index in [0.717, 1.165) is 36.5 Å². The average Bonchev–Trinajstić information content (AvgIpc) is 3.13. The van der Waals surface area contributed by atoms with Crippen LogP contribution in [0.2, 0.25) is 0 Å². The van der Waals surface area contributed by atoms with Crippen LogP contribution < -0.4 is 4.90 Å². The Kier molecular flexibility index (Phi) is 7.00. The van der Waals surface area contributed by atoms with Gasteiger partial charge in [-0.2, -0.15) is 13.2 Å². The summed E-state index contributed by atoms with van der Waals surface area (Å²) in [6.07, 6.45) is -1.43. The van der Waals surface area contributed by atoms with Gasteiger partial charge in [-0.1, -0.05) is 18.2 Å². The van der Waals surface area contributed by atoms with E-state index < -0.39 is 23.1 Å². The third-order valence-electron chi connectivity index (χ3n) is 8.23. The molecule has 39 heavy (non-hydrogen) atoms. The van der Waals surface area contributed by atoms with Crippen molar-refractivity contribution in [1.82, 2.24) is 14.7 Å². The molecule has 0 aromatic heterocycles. The molecule has 0 bridgehead atoms. The minimum absolute atomic E-state index is 0.0556. The maximum atomic E-state index is 13.5. The van der Waals surface area contributed by atoms with Gasteiger partial charge < -0.3 is 19.6 Å². The number of rotatable bonds is 3. The van der Waals surface area contributed by atoms with Crippen LogP contribution in [0.15, 0.2) is 48.5 Å². The lowest BCUT2D eigenvalue weighted by molar-refractivity contribution is -0.137. The highest BCUT2D eigenvalue weighted by molar-refractivity contribution is 6.09. The minimum atomic E-state index is -4.52. The summed E-state index contributed by atoms with van der Waals surface area (Å²) >= 11 is 0. The zero-order valence-corrected chi connectivity index (χ0v) is 22.0. The second-order valence-corrected chi connectivity index (χ2v) is 10.5. The van der Waals surface area contributed by atoms with E-state index in [1.807, 2.05) is 24.1 Å². The zero-order valence-electron chi connectivity index (χ0n) is 22.0. The highest BCUT2D eigenvalue weighted by atomic mass is 19.4. The number of halogens is 3. The molecule has 3 aliphatic heterocycles. The highest BCUT2D eigenvalue weighted by Gasteiger charge is 2.51. The van der Waals surface area contributed by atoms with E-state index in [2.05, 4.69) is 4.90 Å². The molecule has 0 unspecified atom stereocenters. The van der Waals surface area contributed by atoms with Crippen molar-refractivity contribution in [2.75, 3.05) is 58.3 Å². The normalized spacial score (nSPS) is 19.7. The summed E-state index contributed by atoms with van der Waals surface area (Å²) in [5, 5.41) is 0. The number of fused-ring (bicyclic) bond motifs is 2. The van der Waals surface area contributed by atoms with E-state index >= 15 is 0 Å². The molecular weight excluding hydrogens is 509 g/mol. The van der Waals surface area contributed by atoms with E-state index in [9.17, 15) is 27.6 Å². The van der Waals surface area contributed by atoms with E-state index in [1.165, 1.54) is 24.3 Å². The van der Waals surface area contributed by atoms with Crippen LogP contribution in [0.1, 0.15) is 39.9 Å². The fraction of sp³-hybridized carbons (Fsp3) is 0.414. The number of nitrogens with zero attached hydrogens (tertiary/aromatic N) is 4. The first-order valence-corrected chi connectivity index (χ1v) is 13.0. The molecule has 10 heteroatoms. The standard InChI is InChI=1S/C29H31F3N4O3/c1-33-15-17-36(18-16-33)26(38)21-7-9-24-23(19-21)28(27(39)34(24)2)11-13-35(14-12-28)25(37)10-8-20-5-3-4-6-22(20)29(30,31)32/h3-10,19H,11-18H2,1-2H3. The molecule has 2 aromatic rings. The summed E-state index contributed by atoms with van der Waals surface area (Å²) in [5.74, 6) is -0.525. The van der Waals surface area contributed by atoms with Crippen LogP contribution in [0.4, 0.5) is 18.9 Å². The van der Waals surface area contributed by atoms with Gasteiger partial charge in [-0.3, -0.25) is 14.4 Å². The number of likely N-dealkylation sites (tertiary alicyclic amines) is 1. The number of amides is 3. The van der Waals surface area contributed by atoms with Gasteiger partial charge in [-0.05, 0) is 61.4 Å². The number of hydrogen-bond acceptors (Lipinski definition) is 4. The predicted molar refractivity (Wildman–Crippen MR) is 141 cm³/mol. The molecular formula is C29H31F3N4O3. The SMILES string of the molecule is CN1CCN(C(=O)c2ccc3c(c2)C2(CCN(C(=O)C=Cc4ccccc4C(F)(F)F)CC2)C(=O)N3C)CC1. The summed E-state index contributed by atoms with van der Waals surface area (Å²) < 4.78 is 39.9. The molecule has 0 aliphatic carbocycles. The van der Waals surface area contributed by atoms with E-state index in [4.69, 9.17) is 0 Å². The van der Waals surface area contributed by atoms with Crippen molar-refractivity contribution in [3.05, 3.63) is 70.8 Å². The molecule has 2 fully saturated rings. The number of likely N-dealkylation sites (N-methyl/N-ethyl adjacent to an activating group) is 2. The number of piperidine rings is 1. The van der Waals surface area contributed by atoms with Crippen molar-refractivity contribution in [3.63, 3.8) is 0 Å². The first-order valence-electron chi connectivity index (χ1n) is 13.0. The Morgan fingerprint density at radius 1 is 0.897 bits per heavy atom. The van der Waals surface area contributed by atoms with Crippen LogP contribution >= 0.6 is 0 Å². The highest BCUT2D eigenvalue weighted by Crippen LogP contribution is 2.48. The first kappa shape index (κ1) is 26.9. The molecule has 3 heterocycles. The molecule has 206 valence electrons. The van der Waals surface area contributed by atoms with Crippen molar-refractivity contribution in [3.8, 4) is 0 Å². The lowest BCUT2D eigenvalue weighted by Crippen LogP contribution is -2.49. The number of carbonyl (C=O) groups excluding carboxylic acids is 3. The lowest BCUT2D eigenvalue weighted by atomic mass is 9.73. The monoisotopic (exact) mass is 540 g/mol. The molecule has 5 rings (SSSR count). The van der Waals surface area contributed by atoms with Crippen LogP contribution in [-0.4, -0.2) is 85.8 Å². The summed E-state index contributed by atoms with van der Waals surface area (Å²) in [5.41, 5.74) is 0.391. The second kappa shape index (κ2) is 10.1. The molecule has 2 aromatic carbocycles. The first-order chi connectivity index (χ1) is 18.5. The molecule has 0 atom stereocenters. The largest absolute Gasteiger partial charge is 0.416 e. The number of benzene rings is 2. The Morgan fingerprint density at radius 2 is 1.56 bits per heavy atom. The zero-order chi connectivity index (χ0) is 27.9. The number of carbonyl (C=O) groups is 3. The molecule has 0 radical (unpaired) electrons. The van der Waals surface area contributed by atoms with Crippen LogP contribution in [0.3, 0.4) is 0 Å². The summed E-state index contributed by atoms with van der Waals surface area (Å²) in [6.45, 7) is 3.46. The maximum Gasteiger partial charge on any atom is 0.416 e. The lowest BCUT2D eigenvalue weighted by Gasteiger charge is -2.38. The minimum Gasteiger partial charge on any atom is -0.339 e. The Bertz CT molecular complexity index is 1320. The van der Waals surface area contributed by atoms with Gasteiger partial charge >= 0.3 is 6.18 Å². The fourth-order valence-corrected chi connectivity index (χ4v) is 5.84. The van der Waals surface area contributed by atoms with Crippen molar-refractivity contribution < 1.29 is 27.6 Å². The van der Waals surface area contributed by atoms with Crippen molar-refractivity contribution in [2.45, 2.75) is 24.4 Å². The van der Waals surface area contributed by atoms with Gasteiger partial charge in [-0.15, -0.1) is 0 Å². The topological polar surface area (TPSA) is 64.2 Å². The van der Waals surface area contributed by atoms with Crippen LogP contribution in [0, 0.1) is 0 Å². The summed E-state index contributed by atoms with van der Waals surface area (Å²) in [6, 6.07) is 10.5. The van der Waals surface area contributed by atoms with E-state index in [1.54, 1.807) is 22.9 Å².